The first kappa shape index (κ1) is 26.4. The fourth-order valence-corrected chi connectivity index (χ4v) is 6.14. The van der Waals surface area contributed by atoms with Gasteiger partial charge in [-0.05, 0) is 71.7 Å². The van der Waals surface area contributed by atoms with Crippen LogP contribution in [-0.4, -0.2) is 24.3 Å². The van der Waals surface area contributed by atoms with Crippen molar-refractivity contribution in [3.8, 4) is 17.1 Å². The fourth-order valence-electron chi connectivity index (χ4n) is 4.29. The number of hydrogen-bond donors (Lipinski definition) is 0. The molecule has 0 saturated carbocycles. The van der Waals surface area contributed by atoms with Crippen molar-refractivity contribution in [1.29, 1.82) is 0 Å². The third kappa shape index (κ3) is 4.95. The predicted molar refractivity (Wildman–Crippen MR) is 153 cm³/mol. The Kier molecular flexibility index (Phi) is 7.56. The molecule has 0 fully saturated rings. The molecule has 4 aromatic rings. The van der Waals surface area contributed by atoms with Gasteiger partial charge in [0, 0.05) is 16.1 Å². The van der Waals surface area contributed by atoms with E-state index in [9.17, 15) is 9.59 Å². The van der Waals surface area contributed by atoms with Crippen LogP contribution in [0.15, 0.2) is 89.0 Å². The molecule has 10 heteroatoms. The SMILES string of the molecule is CCOC(=O)C1=C(C)N=c2s/c(=C/c3ccc(-c4ccc(Br)cc4)o3)c(=O)n2[C@@H]1c1ccc(OC)c(Br)c1. The number of benzene rings is 2. The minimum absolute atomic E-state index is 0.207. The maximum atomic E-state index is 13.8. The summed E-state index contributed by atoms with van der Waals surface area (Å²) in [5.41, 5.74) is 2.19. The fraction of sp³-hybridized carbons (Fsp3) is 0.179. The summed E-state index contributed by atoms with van der Waals surface area (Å²) < 4.78 is 20.4. The zero-order valence-corrected chi connectivity index (χ0v) is 24.6. The van der Waals surface area contributed by atoms with Gasteiger partial charge in [-0.25, -0.2) is 9.79 Å². The topological polar surface area (TPSA) is 83.0 Å². The van der Waals surface area contributed by atoms with Crippen molar-refractivity contribution in [2.75, 3.05) is 13.7 Å². The van der Waals surface area contributed by atoms with Crippen LogP contribution in [0.4, 0.5) is 0 Å². The first-order valence-corrected chi connectivity index (χ1v) is 14.1. The number of methoxy groups -OCH3 is 1. The number of carbonyl (C=O) groups excluding carboxylic acids is 1. The molecule has 0 spiro atoms. The Hall–Kier alpha value is -3.21. The molecule has 0 radical (unpaired) electrons. The zero-order chi connectivity index (χ0) is 27.0. The molecule has 5 rings (SSSR count). The smallest absolute Gasteiger partial charge is 0.338 e. The van der Waals surface area contributed by atoms with Crippen LogP contribution in [0, 0.1) is 0 Å². The molecule has 1 atom stereocenters. The number of aromatic nitrogens is 1. The molecule has 2 aromatic heterocycles. The average Bonchev–Trinajstić information content (AvgIpc) is 3.48. The first-order chi connectivity index (χ1) is 18.3. The van der Waals surface area contributed by atoms with E-state index in [4.69, 9.17) is 13.9 Å². The monoisotopic (exact) mass is 656 g/mol. The van der Waals surface area contributed by atoms with Gasteiger partial charge >= 0.3 is 5.97 Å². The standard InChI is InChI=1S/C28H22Br2N2O5S/c1-4-36-27(34)24-15(2)31-28-32(25(24)17-7-11-22(35-3)20(30)13-17)26(33)23(38-28)14-19-10-12-21(37-19)16-5-8-18(29)9-6-16/h5-14,25H,4H2,1-3H3/b23-14+/t25-/m1/s1. The van der Waals surface area contributed by atoms with Crippen LogP contribution >= 0.6 is 43.2 Å². The number of carbonyl (C=O) groups is 1. The van der Waals surface area contributed by atoms with E-state index >= 15 is 0 Å². The quantitative estimate of drug-likeness (QED) is 0.253. The van der Waals surface area contributed by atoms with E-state index in [-0.39, 0.29) is 12.2 Å². The maximum absolute atomic E-state index is 13.8. The molecule has 194 valence electrons. The summed E-state index contributed by atoms with van der Waals surface area (Å²) in [6.45, 7) is 3.71. The molecular formula is C28H22Br2N2O5S. The summed E-state index contributed by atoms with van der Waals surface area (Å²) in [5.74, 6) is 1.36. The summed E-state index contributed by atoms with van der Waals surface area (Å²) in [6, 6.07) is 16.2. The molecule has 38 heavy (non-hydrogen) atoms. The number of ether oxygens (including phenoxy) is 2. The molecule has 0 bridgehead atoms. The Morgan fingerprint density at radius 2 is 1.92 bits per heavy atom. The number of thiazole rings is 1. The largest absolute Gasteiger partial charge is 0.496 e. The van der Waals surface area contributed by atoms with Gasteiger partial charge in [0.05, 0.1) is 40.0 Å². The highest BCUT2D eigenvalue weighted by Crippen LogP contribution is 2.35. The second-order valence-corrected chi connectivity index (χ2v) is 11.2. The number of rotatable bonds is 6. The second-order valence-electron chi connectivity index (χ2n) is 8.41. The molecular weight excluding hydrogens is 636 g/mol. The van der Waals surface area contributed by atoms with E-state index in [1.54, 1.807) is 37.7 Å². The number of furan rings is 1. The lowest BCUT2D eigenvalue weighted by Crippen LogP contribution is -2.39. The van der Waals surface area contributed by atoms with E-state index in [1.165, 1.54) is 11.3 Å². The van der Waals surface area contributed by atoms with Crippen molar-refractivity contribution >= 4 is 55.2 Å². The van der Waals surface area contributed by atoms with E-state index in [0.29, 0.717) is 42.3 Å². The van der Waals surface area contributed by atoms with Crippen molar-refractivity contribution in [3.05, 3.63) is 106 Å². The lowest BCUT2D eigenvalue weighted by atomic mass is 9.96. The summed E-state index contributed by atoms with van der Waals surface area (Å²) >= 11 is 8.21. The Labute approximate surface area is 239 Å². The van der Waals surface area contributed by atoms with Crippen molar-refractivity contribution in [2.24, 2.45) is 4.99 Å². The number of hydrogen-bond acceptors (Lipinski definition) is 7. The van der Waals surface area contributed by atoms with Crippen molar-refractivity contribution in [3.63, 3.8) is 0 Å². The lowest BCUT2D eigenvalue weighted by Gasteiger charge is -2.25. The number of esters is 1. The first-order valence-electron chi connectivity index (χ1n) is 11.7. The maximum Gasteiger partial charge on any atom is 0.338 e. The second kappa shape index (κ2) is 10.9. The van der Waals surface area contributed by atoms with E-state index in [2.05, 4.69) is 36.9 Å². The van der Waals surface area contributed by atoms with E-state index in [1.807, 2.05) is 48.5 Å². The zero-order valence-electron chi connectivity index (χ0n) is 20.7. The van der Waals surface area contributed by atoms with Crippen molar-refractivity contribution in [1.82, 2.24) is 4.57 Å². The van der Waals surface area contributed by atoms with E-state index in [0.717, 1.165) is 15.6 Å². The lowest BCUT2D eigenvalue weighted by molar-refractivity contribution is -0.139. The normalized spacial score (nSPS) is 15.3. The summed E-state index contributed by atoms with van der Waals surface area (Å²) in [4.78, 5) is 31.9. The third-order valence-electron chi connectivity index (χ3n) is 6.04. The number of halogens is 2. The molecule has 0 amide bonds. The Bertz CT molecular complexity index is 1750. The molecule has 3 heterocycles. The van der Waals surface area contributed by atoms with Gasteiger partial charge in [-0.15, -0.1) is 0 Å². The van der Waals surface area contributed by atoms with Crippen LogP contribution < -0.4 is 19.6 Å². The minimum Gasteiger partial charge on any atom is -0.496 e. The van der Waals surface area contributed by atoms with Gasteiger partial charge in [-0.2, -0.15) is 0 Å². The van der Waals surface area contributed by atoms with Crippen molar-refractivity contribution in [2.45, 2.75) is 19.9 Å². The third-order valence-corrected chi connectivity index (χ3v) is 8.17. The predicted octanol–water partition coefficient (Wildman–Crippen LogP) is 5.59. The van der Waals surface area contributed by atoms with Gasteiger partial charge in [0.25, 0.3) is 5.56 Å². The number of nitrogens with zero attached hydrogens (tertiary/aromatic N) is 2. The summed E-state index contributed by atoms with van der Waals surface area (Å²) in [7, 11) is 1.58. The van der Waals surface area contributed by atoms with Gasteiger partial charge < -0.3 is 13.9 Å². The summed E-state index contributed by atoms with van der Waals surface area (Å²) in [6.07, 6.45) is 1.70. The van der Waals surface area contributed by atoms with Crippen LogP contribution in [0.25, 0.3) is 17.4 Å². The van der Waals surface area contributed by atoms with Gasteiger partial charge in [0.2, 0.25) is 0 Å². The number of allylic oxidation sites excluding steroid dienone is 1. The molecule has 2 aromatic carbocycles. The van der Waals surface area contributed by atoms with E-state index < -0.39 is 12.0 Å². The van der Waals surface area contributed by atoms with Crippen LogP contribution in [0.5, 0.6) is 5.75 Å². The Morgan fingerprint density at radius 1 is 1.16 bits per heavy atom. The molecule has 0 unspecified atom stereocenters. The van der Waals surface area contributed by atoms with Gasteiger partial charge in [0.15, 0.2) is 4.80 Å². The highest BCUT2D eigenvalue weighted by Gasteiger charge is 2.33. The van der Waals surface area contributed by atoms with Crippen LogP contribution in [0.2, 0.25) is 0 Å². The Morgan fingerprint density at radius 3 is 2.61 bits per heavy atom. The van der Waals surface area contributed by atoms with Gasteiger partial charge in [0.1, 0.15) is 17.3 Å². The molecule has 1 aliphatic rings. The van der Waals surface area contributed by atoms with Crippen molar-refractivity contribution < 1.29 is 18.7 Å². The van der Waals surface area contributed by atoms with Crippen LogP contribution in [-0.2, 0) is 9.53 Å². The molecule has 0 N–H and O–H groups in total. The molecule has 0 aliphatic carbocycles. The average molecular weight is 658 g/mol. The molecule has 1 aliphatic heterocycles. The number of fused-ring (bicyclic) bond motifs is 1. The molecule has 0 saturated heterocycles. The Balaban J connectivity index is 1.64. The highest BCUT2D eigenvalue weighted by atomic mass is 79.9. The van der Waals surface area contributed by atoms with Gasteiger partial charge in [-0.1, -0.05) is 45.5 Å². The van der Waals surface area contributed by atoms with Gasteiger partial charge in [-0.3, -0.25) is 9.36 Å². The molecule has 7 nitrogen and oxygen atoms in total. The minimum atomic E-state index is -0.718. The van der Waals surface area contributed by atoms with Crippen LogP contribution in [0.3, 0.4) is 0 Å². The van der Waals surface area contributed by atoms with Crippen LogP contribution in [0.1, 0.15) is 31.2 Å². The highest BCUT2D eigenvalue weighted by molar-refractivity contribution is 9.10. The summed E-state index contributed by atoms with van der Waals surface area (Å²) in [5, 5.41) is 0.